The van der Waals surface area contributed by atoms with Gasteiger partial charge >= 0.3 is 0 Å². The molecule has 1 aromatic heterocycles. The van der Waals surface area contributed by atoms with Gasteiger partial charge in [0, 0.05) is 18.4 Å². The number of hydrogen-bond acceptors (Lipinski definition) is 6. The molecule has 1 aliphatic rings. The topological polar surface area (TPSA) is 70.3 Å². The van der Waals surface area contributed by atoms with Gasteiger partial charge in [0.25, 0.3) is 0 Å². The molecular weight excluding hydrogens is 262 g/mol. The number of nitrogens with zero attached hydrogens (tertiary/aromatic N) is 2. The molecule has 2 heterocycles. The van der Waals surface area contributed by atoms with Gasteiger partial charge in [-0.05, 0) is 24.3 Å². The molecule has 0 unspecified atom stereocenters. The van der Waals surface area contributed by atoms with Crippen LogP contribution in [-0.2, 0) is 4.74 Å². The minimum absolute atomic E-state index is 0.261. The van der Waals surface area contributed by atoms with Gasteiger partial charge in [0.2, 0.25) is 5.13 Å². The quantitative estimate of drug-likeness (QED) is 0.932. The van der Waals surface area contributed by atoms with Gasteiger partial charge in [-0.2, -0.15) is 0 Å². The van der Waals surface area contributed by atoms with E-state index in [4.69, 9.17) is 15.2 Å². The van der Waals surface area contributed by atoms with Gasteiger partial charge in [-0.1, -0.05) is 11.3 Å². The lowest BCUT2D eigenvalue weighted by Gasteiger charge is -2.23. The molecule has 3 rings (SSSR count). The Balaban J connectivity index is 1.68. The van der Waals surface area contributed by atoms with Gasteiger partial charge in [-0.15, -0.1) is 10.2 Å². The summed E-state index contributed by atoms with van der Waals surface area (Å²) in [6.07, 6.45) is 2.17. The Morgan fingerprint density at radius 2 is 1.89 bits per heavy atom. The molecule has 100 valence electrons. The van der Waals surface area contributed by atoms with Crippen molar-refractivity contribution in [2.24, 2.45) is 0 Å². The van der Waals surface area contributed by atoms with E-state index in [0.717, 1.165) is 42.4 Å². The van der Waals surface area contributed by atoms with E-state index in [1.807, 2.05) is 24.3 Å². The molecule has 0 amide bonds. The number of hydrogen-bond donors (Lipinski definition) is 1. The van der Waals surface area contributed by atoms with Gasteiger partial charge in [0.15, 0.2) is 0 Å². The molecule has 1 aromatic carbocycles. The van der Waals surface area contributed by atoms with Crippen molar-refractivity contribution in [1.82, 2.24) is 10.2 Å². The fourth-order valence-electron chi connectivity index (χ4n) is 2.01. The molecule has 1 fully saturated rings. The SMILES string of the molecule is Nc1nnc(-c2ccc(OC3CCOCC3)cc2)s1. The molecule has 0 atom stereocenters. The van der Waals surface area contributed by atoms with Crippen LogP contribution < -0.4 is 10.5 Å². The van der Waals surface area contributed by atoms with Crippen molar-refractivity contribution in [2.75, 3.05) is 18.9 Å². The first kappa shape index (κ1) is 12.4. The Morgan fingerprint density at radius 1 is 1.16 bits per heavy atom. The van der Waals surface area contributed by atoms with E-state index in [0.29, 0.717) is 5.13 Å². The van der Waals surface area contributed by atoms with E-state index in [1.165, 1.54) is 11.3 Å². The van der Waals surface area contributed by atoms with Crippen LogP contribution in [0.15, 0.2) is 24.3 Å². The fourth-order valence-corrected chi connectivity index (χ4v) is 2.63. The smallest absolute Gasteiger partial charge is 0.203 e. The minimum Gasteiger partial charge on any atom is -0.490 e. The number of nitrogen functional groups attached to an aromatic ring is 1. The fraction of sp³-hybridized carbons (Fsp3) is 0.385. The summed E-state index contributed by atoms with van der Waals surface area (Å²) in [4.78, 5) is 0. The summed E-state index contributed by atoms with van der Waals surface area (Å²) in [6, 6.07) is 7.88. The summed E-state index contributed by atoms with van der Waals surface area (Å²) in [5.74, 6) is 0.883. The first-order valence-corrected chi connectivity index (χ1v) is 7.07. The molecule has 2 aromatic rings. The predicted octanol–water partition coefficient (Wildman–Crippen LogP) is 2.35. The first-order valence-electron chi connectivity index (χ1n) is 6.25. The molecule has 2 N–H and O–H groups in total. The van der Waals surface area contributed by atoms with Crippen molar-refractivity contribution in [1.29, 1.82) is 0 Å². The molecule has 0 bridgehead atoms. The van der Waals surface area contributed by atoms with Gasteiger partial charge in [0.1, 0.15) is 16.9 Å². The summed E-state index contributed by atoms with van der Waals surface area (Å²) in [5.41, 5.74) is 6.59. The monoisotopic (exact) mass is 277 g/mol. The number of benzene rings is 1. The number of ether oxygens (including phenoxy) is 2. The lowest BCUT2D eigenvalue weighted by molar-refractivity contribution is 0.0256. The van der Waals surface area contributed by atoms with Crippen LogP contribution in [-0.4, -0.2) is 29.5 Å². The first-order chi connectivity index (χ1) is 9.31. The van der Waals surface area contributed by atoms with E-state index < -0.39 is 0 Å². The number of rotatable bonds is 3. The average Bonchev–Trinajstić information content (AvgIpc) is 2.87. The molecule has 19 heavy (non-hydrogen) atoms. The Morgan fingerprint density at radius 3 is 2.53 bits per heavy atom. The third-order valence-electron chi connectivity index (χ3n) is 3.01. The van der Waals surface area contributed by atoms with Crippen LogP contribution in [0.4, 0.5) is 5.13 Å². The highest BCUT2D eigenvalue weighted by Gasteiger charge is 2.15. The van der Waals surface area contributed by atoms with E-state index in [9.17, 15) is 0 Å². The average molecular weight is 277 g/mol. The Labute approximate surface area is 115 Å². The van der Waals surface area contributed by atoms with Gasteiger partial charge in [-0.3, -0.25) is 0 Å². The maximum absolute atomic E-state index is 5.91. The van der Waals surface area contributed by atoms with Crippen LogP contribution in [0.25, 0.3) is 10.6 Å². The van der Waals surface area contributed by atoms with Crippen LogP contribution in [0.3, 0.4) is 0 Å². The van der Waals surface area contributed by atoms with Crippen LogP contribution in [0.1, 0.15) is 12.8 Å². The van der Waals surface area contributed by atoms with Crippen LogP contribution in [0.5, 0.6) is 5.75 Å². The van der Waals surface area contributed by atoms with E-state index >= 15 is 0 Å². The molecule has 0 radical (unpaired) electrons. The van der Waals surface area contributed by atoms with Crippen LogP contribution in [0.2, 0.25) is 0 Å². The predicted molar refractivity (Wildman–Crippen MR) is 74.2 cm³/mol. The maximum Gasteiger partial charge on any atom is 0.203 e. The van der Waals surface area contributed by atoms with E-state index in [-0.39, 0.29) is 6.10 Å². The Hall–Kier alpha value is -1.66. The molecule has 5 nitrogen and oxygen atoms in total. The molecule has 6 heteroatoms. The summed E-state index contributed by atoms with van der Waals surface area (Å²) < 4.78 is 11.2. The molecule has 1 aliphatic heterocycles. The zero-order valence-corrected chi connectivity index (χ0v) is 11.2. The Kier molecular flexibility index (Phi) is 3.61. The molecule has 0 spiro atoms. The van der Waals surface area contributed by atoms with Gasteiger partial charge in [-0.25, -0.2) is 0 Å². The molecule has 1 saturated heterocycles. The summed E-state index contributed by atoms with van der Waals surface area (Å²) in [5, 5.41) is 9.14. The highest BCUT2D eigenvalue weighted by atomic mass is 32.1. The lowest BCUT2D eigenvalue weighted by atomic mass is 10.1. The highest BCUT2D eigenvalue weighted by Crippen LogP contribution is 2.27. The van der Waals surface area contributed by atoms with Crippen LogP contribution >= 0.6 is 11.3 Å². The number of anilines is 1. The van der Waals surface area contributed by atoms with Crippen molar-refractivity contribution in [2.45, 2.75) is 18.9 Å². The van der Waals surface area contributed by atoms with Gasteiger partial charge in [0.05, 0.1) is 13.2 Å². The molecule has 0 saturated carbocycles. The summed E-state index contributed by atoms with van der Waals surface area (Å²) in [7, 11) is 0. The van der Waals surface area contributed by atoms with Crippen LogP contribution in [0, 0.1) is 0 Å². The minimum atomic E-state index is 0.261. The Bertz CT molecular complexity index is 535. The second kappa shape index (κ2) is 5.54. The van der Waals surface area contributed by atoms with Gasteiger partial charge < -0.3 is 15.2 Å². The zero-order chi connectivity index (χ0) is 13.1. The third-order valence-corrected chi connectivity index (χ3v) is 3.81. The summed E-state index contributed by atoms with van der Waals surface area (Å²) >= 11 is 1.38. The molecular formula is C13H15N3O2S. The van der Waals surface area contributed by atoms with Crippen molar-refractivity contribution >= 4 is 16.5 Å². The zero-order valence-electron chi connectivity index (χ0n) is 10.4. The van der Waals surface area contributed by atoms with E-state index in [2.05, 4.69) is 10.2 Å². The highest BCUT2D eigenvalue weighted by molar-refractivity contribution is 7.18. The van der Waals surface area contributed by atoms with Crippen molar-refractivity contribution in [3.05, 3.63) is 24.3 Å². The van der Waals surface area contributed by atoms with Crippen molar-refractivity contribution in [3.8, 4) is 16.3 Å². The maximum atomic E-state index is 5.91. The number of nitrogens with two attached hydrogens (primary N) is 1. The normalized spacial score (nSPS) is 16.4. The third kappa shape index (κ3) is 3.02. The van der Waals surface area contributed by atoms with Crippen molar-refractivity contribution in [3.63, 3.8) is 0 Å². The number of aromatic nitrogens is 2. The van der Waals surface area contributed by atoms with E-state index in [1.54, 1.807) is 0 Å². The van der Waals surface area contributed by atoms with Crippen molar-refractivity contribution < 1.29 is 9.47 Å². The lowest BCUT2D eigenvalue weighted by Crippen LogP contribution is -2.25. The summed E-state index contributed by atoms with van der Waals surface area (Å²) in [6.45, 7) is 1.57. The standard InChI is InChI=1S/C13H15N3O2S/c14-13-16-15-12(19-13)9-1-3-10(4-2-9)18-11-5-7-17-8-6-11/h1-4,11H,5-8H2,(H2,14,16). The second-order valence-corrected chi connectivity index (χ2v) is 5.41. The molecule has 0 aliphatic carbocycles. The second-order valence-electron chi connectivity index (χ2n) is 4.40. The largest absolute Gasteiger partial charge is 0.490 e.